The van der Waals surface area contributed by atoms with Gasteiger partial charge in [-0.15, -0.1) is 0 Å². The summed E-state index contributed by atoms with van der Waals surface area (Å²) in [5.74, 6) is 0.984. The third-order valence-electron chi connectivity index (χ3n) is 4.62. The van der Waals surface area contributed by atoms with Crippen molar-refractivity contribution in [2.75, 3.05) is 19.7 Å². The average molecular weight is 274 g/mol. The molecule has 0 aromatic heterocycles. The van der Waals surface area contributed by atoms with E-state index in [9.17, 15) is 0 Å². The zero-order chi connectivity index (χ0) is 13.8. The molecule has 1 aromatic carbocycles. The van der Waals surface area contributed by atoms with E-state index in [1.807, 2.05) is 13.0 Å². The molecule has 3 nitrogen and oxygen atoms in total. The molecule has 2 unspecified atom stereocenters. The van der Waals surface area contributed by atoms with Crippen molar-refractivity contribution in [3.63, 3.8) is 0 Å². The number of nitrogens with one attached hydrogen (secondary N) is 1. The van der Waals surface area contributed by atoms with Crippen LogP contribution in [0.5, 0.6) is 5.75 Å². The largest absolute Gasteiger partial charge is 0.494 e. The molecule has 110 valence electrons. The monoisotopic (exact) mass is 274 g/mol. The Morgan fingerprint density at radius 1 is 1.30 bits per heavy atom. The minimum atomic E-state index is 0.685. The summed E-state index contributed by atoms with van der Waals surface area (Å²) in [7, 11) is 0. The Kier molecular flexibility index (Phi) is 4.58. The molecule has 0 saturated carbocycles. The molecule has 3 rings (SSSR count). The van der Waals surface area contributed by atoms with Crippen LogP contribution in [0.1, 0.15) is 38.2 Å². The van der Waals surface area contributed by atoms with Gasteiger partial charge in [0.15, 0.2) is 0 Å². The van der Waals surface area contributed by atoms with Gasteiger partial charge < -0.3 is 15.0 Å². The smallest absolute Gasteiger partial charge is 0.119 e. The highest BCUT2D eigenvalue weighted by Crippen LogP contribution is 2.27. The lowest BCUT2D eigenvalue weighted by Gasteiger charge is -2.35. The molecule has 0 amide bonds. The molecule has 2 atom stereocenters. The van der Waals surface area contributed by atoms with Gasteiger partial charge in [0.25, 0.3) is 0 Å². The quantitative estimate of drug-likeness (QED) is 0.893. The van der Waals surface area contributed by atoms with Crippen molar-refractivity contribution < 1.29 is 4.74 Å². The van der Waals surface area contributed by atoms with E-state index >= 15 is 0 Å². The van der Waals surface area contributed by atoms with Gasteiger partial charge in [0.05, 0.1) is 6.61 Å². The maximum Gasteiger partial charge on any atom is 0.119 e. The highest BCUT2D eigenvalue weighted by Gasteiger charge is 2.31. The van der Waals surface area contributed by atoms with Gasteiger partial charge in [-0.2, -0.15) is 0 Å². The fourth-order valence-electron chi connectivity index (χ4n) is 3.58. The highest BCUT2D eigenvalue weighted by molar-refractivity contribution is 5.28. The summed E-state index contributed by atoms with van der Waals surface area (Å²) >= 11 is 0. The Morgan fingerprint density at radius 2 is 2.25 bits per heavy atom. The van der Waals surface area contributed by atoms with Gasteiger partial charge in [0.1, 0.15) is 5.75 Å². The topological polar surface area (TPSA) is 24.5 Å². The Morgan fingerprint density at radius 3 is 3.15 bits per heavy atom. The van der Waals surface area contributed by atoms with Gasteiger partial charge in [-0.25, -0.2) is 0 Å². The SMILES string of the molecule is CCOc1cccc(CNC2CCN3CCCC3C2)c1. The van der Waals surface area contributed by atoms with Crippen molar-refractivity contribution in [3.05, 3.63) is 29.8 Å². The Bertz CT molecular complexity index is 435. The van der Waals surface area contributed by atoms with Crippen LogP contribution in [-0.4, -0.2) is 36.7 Å². The van der Waals surface area contributed by atoms with Crippen LogP contribution in [0.3, 0.4) is 0 Å². The second kappa shape index (κ2) is 6.59. The maximum atomic E-state index is 5.56. The maximum absolute atomic E-state index is 5.56. The minimum Gasteiger partial charge on any atom is -0.494 e. The van der Waals surface area contributed by atoms with E-state index in [0.29, 0.717) is 6.04 Å². The molecule has 0 aliphatic carbocycles. The molecule has 2 heterocycles. The standard InChI is InChI=1S/C17H26N2O/c1-2-20-17-7-3-5-14(11-17)13-18-15-8-10-19-9-4-6-16(19)12-15/h3,5,7,11,15-16,18H,2,4,6,8-10,12-13H2,1H3. The van der Waals surface area contributed by atoms with Crippen LogP contribution < -0.4 is 10.1 Å². The summed E-state index contributed by atoms with van der Waals surface area (Å²) in [5, 5.41) is 3.74. The molecule has 2 saturated heterocycles. The number of ether oxygens (including phenoxy) is 1. The summed E-state index contributed by atoms with van der Waals surface area (Å²) in [4.78, 5) is 2.67. The van der Waals surface area contributed by atoms with Crippen molar-refractivity contribution >= 4 is 0 Å². The first-order chi connectivity index (χ1) is 9.85. The van der Waals surface area contributed by atoms with E-state index in [2.05, 4.69) is 28.4 Å². The van der Waals surface area contributed by atoms with Crippen LogP contribution in [0.15, 0.2) is 24.3 Å². The van der Waals surface area contributed by atoms with Crippen LogP contribution in [0.25, 0.3) is 0 Å². The minimum absolute atomic E-state index is 0.685. The third-order valence-corrected chi connectivity index (χ3v) is 4.62. The zero-order valence-electron chi connectivity index (χ0n) is 12.5. The molecule has 2 aliphatic heterocycles. The average Bonchev–Trinajstić information content (AvgIpc) is 2.93. The number of hydrogen-bond acceptors (Lipinski definition) is 3. The molecular formula is C17H26N2O. The van der Waals surface area contributed by atoms with Crippen molar-refractivity contribution in [3.8, 4) is 5.75 Å². The van der Waals surface area contributed by atoms with Crippen molar-refractivity contribution in [2.45, 2.75) is 51.2 Å². The molecule has 2 fully saturated rings. The lowest BCUT2D eigenvalue weighted by Crippen LogP contribution is -2.45. The van der Waals surface area contributed by atoms with E-state index in [1.54, 1.807) is 0 Å². The van der Waals surface area contributed by atoms with Crippen LogP contribution in [0, 0.1) is 0 Å². The molecule has 0 radical (unpaired) electrons. The van der Waals surface area contributed by atoms with Gasteiger partial charge in [-0.1, -0.05) is 12.1 Å². The number of rotatable bonds is 5. The fourth-order valence-corrected chi connectivity index (χ4v) is 3.58. The fraction of sp³-hybridized carbons (Fsp3) is 0.647. The van der Waals surface area contributed by atoms with E-state index in [0.717, 1.165) is 24.9 Å². The van der Waals surface area contributed by atoms with E-state index in [4.69, 9.17) is 4.74 Å². The van der Waals surface area contributed by atoms with Crippen LogP contribution >= 0.6 is 0 Å². The predicted octanol–water partition coefficient (Wildman–Crippen LogP) is 2.80. The summed E-state index contributed by atoms with van der Waals surface area (Å²) in [6.07, 6.45) is 5.42. The number of benzene rings is 1. The van der Waals surface area contributed by atoms with Crippen molar-refractivity contribution in [1.82, 2.24) is 10.2 Å². The molecular weight excluding hydrogens is 248 g/mol. The third kappa shape index (κ3) is 3.33. The normalized spacial score (nSPS) is 26.4. The van der Waals surface area contributed by atoms with Crippen LogP contribution in [0.2, 0.25) is 0 Å². The number of hydrogen-bond donors (Lipinski definition) is 1. The predicted molar refractivity (Wildman–Crippen MR) is 82.1 cm³/mol. The zero-order valence-corrected chi connectivity index (χ0v) is 12.5. The van der Waals surface area contributed by atoms with E-state index in [-0.39, 0.29) is 0 Å². The second-order valence-electron chi connectivity index (χ2n) is 6.01. The summed E-state index contributed by atoms with van der Waals surface area (Å²) in [6.45, 7) is 6.32. The van der Waals surface area contributed by atoms with Crippen molar-refractivity contribution in [1.29, 1.82) is 0 Å². The van der Waals surface area contributed by atoms with Gasteiger partial charge in [0.2, 0.25) is 0 Å². The molecule has 1 aromatic rings. The molecule has 20 heavy (non-hydrogen) atoms. The Hall–Kier alpha value is -1.06. The number of nitrogens with zero attached hydrogens (tertiary/aromatic N) is 1. The highest BCUT2D eigenvalue weighted by atomic mass is 16.5. The lowest BCUT2D eigenvalue weighted by molar-refractivity contribution is 0.166. The number of fused-ring (bicyclic) bond motifs is 1. The van der Waals surface area contributed by atoms with Gasteiger partial charge in [0, 0.05) is 18.6 Å². The molecule has 0 bridgehead atoms. The Labute approximate surface area is 122 Å². The molecule has 1 N–H and O–H groups in total. The first kappa shape index (κ1) is 13.9. The molecule has 2 aliphatic rings. The van der Waals surface area contributed by atoms with Gasteiger partial charge >= 0.3 is 0 Å². The first-order valence-corrected chi connectivity index (χ1v) is 8.04. The van der Waals surface area contributed by atoms with Crippen LogP contribution in [0.4, 0.5) is 0 Å². The summed E-state index contributed by atoms with van der Waals surface area (Å²) in [6, 6.07) is 9.98. The summed E-state index contributed by atoms with van der Waals surface area (Å²) < 4.78 is 5.56. The Balaban J connectivity index is 1.50. The van der Waals surface area contributed by atoms with Gasteiger partial charge in [-0.3, -0.25) is 0 Å². The van der Waals surface area contributed by atoms with Crippen LogP contribution in [-0.2, 0) is 6.54 Å². The van der Waals surface area contributed by atoms with Crippen molar-refractivity contribution in [2.24, 2.45) is 0 Å². The summed E-state index contributed by atoms with van der Waals surface area (Å²) in [5.41, 5.74) is 1.32. The van der Waals surface area contributed by atoms with E-state index in [1.165, 1.54) is 44.3 Å². The molecule has 3 heteroatoms. The second-order valence-corrected chi connectivity index (χ2v) is 6.01. The van der Waals surface area contributed by atoms with Gasteiger partial charge in [-0.05, 0) is 63.4 Å². The van der Waals surface area contributed by atoms with E-state index < -0.39 is 0 Å². The lowest BCUT2D eigenvalue weighted by atomic mass is 9.97. The molecule has 0 spiro atoms. The first-order valence-electron chi connectivity index (χ1n) is 8.04. The number of piperidine rings is 1.